The Hall–Kier alpha value is -2.44. The van der Waals surface area contributed by atoms with Crippen molar-refractivity contribution in [2.45, 2.75) is 38.6 Å². The minimum atomic E-state index is -0.333. The minimum Gasteiger partial charge on any atom is -0.360 e. The molecule has 3 rings (SSSR count). The number of aryl methyl sites for hydroxylation is 1. The monoisotopic (exact) mass is 287 g/mol. The standard InChI is InChI=1S/C14H17N5O2/c1-9-8-12(19-21-9)18-13(20)11-6-7-15-14(17-11)16-10-4-2-3-5-10/h6-8,10H,2-5H2,1H3,(H,15,16,17)(H,18,19,20). The smallest absolute Gasteiger partial charge is 0.275 e. The Balaban J connectivity index is 1.68. The van der Waals surface area contributed by atoms with E-state index in [4.69, 9.17) is 4.52 Å². The van der Waals surface area contributed by atoms with Gasteiger partial charge in [-0.2, -0.15) is 0 Å². The fraction of sp³-hybridized carbons (Fsp3) is 0.429. The number of carbonyl (C=O) groups is 1. The van der Waals surface area contributed by atoms with Gasteiger partial charge in [0.25, 0.3) is 5.91 Å². The molecule has 2 heterocycles. The highest BCUT2D eigenvalue weighted by Gasteiger charge is 2.17. The quantitative estimate of drug-likeness (QED) is 0.896. The minimum absolute atomic E-state index is 0.297. The maximum Gasteiger partial charge on any atom is 0.275 e. The SMILES string of the molecule is Cc1cc(NC(=O)c2ccnc(NC3CCCC3)n2)no1. The van der Waals surface area contributed by atoms with Crippen molar-refractivity contribution in [3.63, 3.8) is 0 Å². The van der Waals surface area contributed by atoms with Gasteiger partial charge in [-0.3, -0.25) is 4.79 Å². The van der Waals surface area contributed by atoms with Crippen LogP contribution in [0.5, 0.6) is 0 Å². The molecular formula is C14H17N5O2. The second-order valence-corrected chi connectivity index (χ2v) is 5.17. The second kappa shape index (κ2) is 5.90. The summed E-state index contributed by atoms with van der Waals surface area (Å²) in [5.41, 5.74) is 0.297. The van der Waals surface area contributed by atoms with Crippen LogP contribution < -0.4 is 10.6 Å². The van der Waals surface area contributed by atoms with Gasteiger partial charge in [-0.25, -0.2) is 9.97 Å². The lowest BCUT2D eigenvalue weighted by Gasteiger charge is -2.11. The van der Waals surface area contributed by atoms with Gasteiger partial charge in [-0.1, -0.05) is 18.0 Å². The van der Waals surface area contributed by atoms with Crippen molar-refractivity contribution in [2.24, 2.45) is 0 Å². The normalized spacial score (nSPS) is 15.1. The van der Waals surface area contributed by atoms with E-state index in [2.05, 4.69) is 25.8 Å². The van der Waals surface area contributed by atoms with Crippen LogP contribution in [0.25, 0.3) is 0 Å². The van der Waals surface area contributed by atoms with Crippen LogP contribution >= 0.6 is 0 Å². The Morgan fingerprint density at radius 2 is 2.19 bits per heavy atom. The first-order valence-corrected chi connectivity index (χ1v) is 7.05. The largest absolute Gasteiger partial charge is 0.360 e. The lowest BCUT2D eigenvalue weighted by molar-refractivity contribution is 0.102. The molecule has 2 aromatic rings. The van der Waals surface area contributed by atoms with Gasteiger partial charge < -0.3 is 15.2 Å². The molecular weight excluding hydrogens is 270 g/mol. The van der Waals surface area contributed by atoms with Crippen LogP contribution in [-0.2, 0) is 0 Å². The molecule has 7 heteroatoms. The van der Waals surface area contributed by atoms with E-state index in [0.717, 1.165) is 12.8 Å². The molecule has 1 amide bonds. The van der Waals surface area contributed by atoms with Gasteiger partial charge in [0.05, 0.1) is 0 Å². The van der Waals surface area contributed by atoms with Crippen LogP contribution in [0, 0.1) is 6.92 Å². The van der Waals surface area contributed by atoms with Crippen LogP contribution in [0.1, 0.15) is 41.9 Å². The van der Waals surface area contributed by atoms with Crippen LogP contribution in [-0.4, -0.2) is 27.1 Å². The Morgan fingerprint density at radius 1 is 1.38 bits per heavy atom. The fourth-order valence-electron chi connectivity index (χ4n) is 2.41. The van der Waals surface area contributed by atoms with Crippen molar-refractivity contribution in [1.82, 2.24) is 15.1 Å². The average Bonchev–Trinajstić information content (AvgIpc) is 3.11. The van der Waals surface area contributed by atoms with Gasteiger partial charge in [0, 0.05) is 18.3 Å². The zero-order valence-electron chi connectivity index (χ0n) is 11.8. The van der Waals surface area contributed by atoms with Crippen molar-refractivity contribution in [3.05, 3.63) is 29.8 Å². The van der Waals surface area contributed by atoms with E-state index in [1.165, 1.54) is 12.8 Å². The van der Waals surface area contributed by atoms with Gasteiger partial charge in [0.15, 0.2) is 5.82 Å². The molecule has 0 spiro atoms. The third-order valence-corrected chi connectivity index (χ3v) is 3.45. The maximum absolute atomic E-state index is 12.1. The lowest BCUT2D eigenvalue weighted by Crippen LogP contribution is -2.19. The van der Waals surface area contributed by atoms with E-state index >= 15 is 0 Å². The fourth-order valence-corrected chi connectivity index (χ4v) is 2.41. The number of rotatable bonds is 4. The highest BCUT2D eigenvalue weighted by molar-refractivity contribution is 6.02. The van der Waals surface area contributed by atoms with Gasteiger partial charge in [-0.15, -0.1) is 0 Å². The Morgan fingerprint density at radius 3 is 2.90 bits per heavy atom. The van der Waals surface area contributed by atoms with Crippen molar-refractivity contribution in [2.75, 3.05) is 10.6 Å². The van der Waals surface area contributed by atoms with E-state index in [0.29, 0.717) is 29.3 Å². The first kappa shape index (κ1) is 13.5. The molecule has 110 valence electrons. The molecule has 1 saturated carbocycles. The van der Waals surface area contributed by atoms with E-state index in [-0.39, 0.29) is 5.91 Å². The number of anilines is 2. The summed E-state index contributed by atoms with van der Waals surface area (Å²) in [5, 5.41) is 9.63. The van der Waals surface area contributed by atoms with Gasteiger partial charge in [-0.05, 0) is 25.8 Å². The molecule has 1 fully saturated rings. The summed E-state index contributed by atoms with van der Waals surface area (Å²) in [7, 11) is 0. The molecule has 0 bridgehead atoms. The Labute approximate surface area is 122 Å². The van der Waals surface area contributed by atoms with Crippen LogP contribution in [0.3, 0.4) is 0 Å². The number of carbonyl (C=O) groups excluding carboxylic acids is 1. The first-order valence-electron chi connectivity index (χ1n) is 7.05. The number of amides is 1. The third kappa shape index (κ3) is 3.36. The van der Waals surface area contributed by atoms with Crippen LogP contribution in [0.4, 0.5) is 11.8 Å². The summed E-state index contributed by atoms with van der Waals surface area (Å²) in [6.07, 6.45) is 6.27. The summed E-state index contributed by atoms with van der Waals surface area (Å²) in [6, 6.07) is 3.63. The molecule has 0 atom stereocenters. The third-order valence-electron chi connectivity index (χ3n) is 3.45. The summed E-state index contributed by atoms with van der Waals surface area (Å²) < 4.78 is 4.90. The van der Waals surface area contributed by atoms with Crippen LogP contribution in [0.15, 0.2) is 22.9 Å². The lowest BCUT2D eigenvalue weighted by atomic mass is 10.2. The molecule has 1 aliphatic carbocycles. The topological polar surface area (TPSA) is 92.9 Å². The molecule has 2 N–H and O–H groups in total. The summed E-state index contributed by atoms with van der Waals surface area (Å²) >= 11 is 0. The molecule has 7 nitrogen and oxygen atoms in total. The number of hydrogen-bond donors (Lipinski definition) is 2. The maximum atomic E-state index is 12.1. The Bertz CT molecular complexity index is 634. The van der Waals surface area contributed by atoms with Crippen molar-refractivity contribution < 1.29 is 9.32 Å². The van der Waals surface area contributed by atoms with E-state index < -0.39 is 0 Å². The number of nitrogens with one attached hydrogen (secondary N) is 2. The zero-order chi connectivity index (χ0) is 14.7. The van der Waals surface area contributed by atoms with Gasteiger partial charge in [0.2, 0.25) is 5.95 Å². The molecule has 1 aliphatic rings. The molecule has 21 heavy (non-hydrogen) atoms. The highest BCUT2D eigenvalue weighted by atomic mass is 16.5. The zero-order valence-corrected chi connectivity index (χ0v) is 11.8. The summed E-state index contributed by atoms with van der Waals surface area (Å²) in [6.45, 7) is 1.76. The number of nitrogens with zero attached hydrogens (tertiary/aromatic N) is 3. The molecule has 0 unspecified atom stereocenters. The van der Waals surface area contributed by atoms with Gasteiger partial charge in [0.1, 0.15) is 11.5 Å². The first-order chi connectivity index (χ1) is 10.2. The Kier molecular flexibility index (Phi) is 3.81. The van der Waals surface area contributed by atoms with Gasteiger partial charge >= 0.3 is 0 Å². The molecule has 0 aromatic carbocycles. The van der Waals surface area contributed by atoms with E-state index in [1.54, 1.807) is 25.3 Å². The number of aromatic nitrogens is 3. The molecule has 2 aromatic heterocycles. The summed E-state index contributed by atoms with van der Waals surface area (Å²) in [4.78, 5) is 20.5. The molecule has 0 radical (unpaired) electrons. The molecule has 0 aliphatic heterocycles. The molecule has 0 saturated heterocycles. The summed E-state index contributed by atoms with van der Waals surface area (Å²) in [5.74, 6) is 1.17. The van der Waals surface area contributed by atoms with E-state index in [9.17, 15) is 4.79 Å². The predicted molar refractivity (Wildman–Crippen MR) is 77.1 cm³/mol. The highest BCUT2D eigenvalue weighted by Crippen LogP contribution is 2.20. The second-order valence-electron chi connectivity index (χ2n) is 5.17. The van der Waals surface area contributed by atoms with E-state index in [1.807, 2.05) is 0 Å². The van der Waals surface area contributed by atoms with Crippen molar-refractivity contribution >= 4 is 17.7 Å². The average molecular weight is 287 g/mol. The van der Waals surface area contributed by atoms with Crippen LogP contribution in [0.2, 0.25) is 0 Å². The predicted octanol–water partition coefficient (Wildman–Crippen LogP) is 2.38. The number of hydrogen-bond acceptors (Lipinski definition) is 6. The van der Waals surface area contributed by atoms with Crippen molar-refractivity contribution in [1.29, 1.82) is 0 Å². The van der Waals surface area contributed by atoms with Crippen molar-refractivity contribution in [3.8, 4) is 0 Å².